The molecule has 4 N–H and O–H groups in total. The number of nitrogens with one attached hydrogen (secondary N) is 2. The molecule has 2 aromatic rings. The largest absolute Gasteiger partial charge is 0.444 e. The monoisotopic (exact) mass is 594 g/mol. The molecule has 2 rings (SSSR count). The number of rotatable bonds is 15. The van der Waals surface area contributed by atoms with E-state index in [1.54, 1.807) is 20.8 Å². The van der Waals surface area contributed by atoms with Gasteiger partial charge >= 0.3 is 6.09 Å². The third-order valence-corrected chi connectivity index (χ3v) is 7.08. The van der Waals surface area contributed by atoms with Crippen LogP contribution in [0.25, 0.3) is 0 Å². The molecule has 2 unspecified atom stereocenters. The predicted molar refractivity (Wildman–Crippen MR) is 171 cm³/mol. The van der Waals surface area contributed by atoms with E-state index in [1.165, 1.54) is 4.90 Å². The second kappa shape index (κ2) is 16.7. The SMILES string of the molecule is CCCCCCCCN(C(=O)C(CC(N)=O)NC(=O)OC(C)(C)C)C(C(=O)Nc1c(C)cccc1C)c1cccc(C)c1. The number of primary amides is 1. The molecular weight excluding hydrogens is 544 g/mol. The van der Waals surface area contributed by atoms with E-state index in [0.717, 1.165) is 48.8 Å². The van der Waals surface area contributed by atoms with Crippen LogP contribution in [0.1, 0.15) is 101 Å². The van der Waals surface area contributed by atoms with E-state index >= 15 is 0 Å². The first kappa shape index (κ1) is 35.3. The van der Waals surface area contributed by atoms with Crippen LogP contribution in [0.3, 0.4) is 0 Å². The molecular formula is C34H50N4O5. The van der Waals surface area contributed by atoms with Gasteiger partial charge in [0.2, 0.25) is 11.8 Å². The van der Waals surface area contributed by atoms with Crippen LogP contribution in [0.2, 0.25) is 0 Å². The second-order valence-electron chi connectivity index (χ2n) is 12.2. The lowest BCUT2D eigenvalue weighted by Crippen LogP contribution is -2.53. The number of unbranched alkanes of at least 4 members (excludes halogenated alkanes) is 5. The van der Waals surface area contributed by atoms with Gasteiger partial charge in [-0.25, -0.2) is 4.79 Å². The van der Waals surface area contributed by atoms with Gasteiger partial charge in [-0.05, 0) is 64.7 Å². The molecule has 0 saturated carbocycles. The van der Waals surface area contributed by atoms with Crippen LogP contribution in [-0.2, 0) is 19.1 Å². The molecule has 0 radical (unpaired) electrons. The number of carbonyl (C=O) groups excluding carboxylic acids is 4. The van der Waals surface area contributed by atoms with Crippen LogP contribution in [0, 0.1) is 20.8 Å². The minimum Gasteiger partial charge on any atom is -0.444 e. The van der Waals surface area contributed by atoms with Crippen LogP contribution in [0.4, 0.5) is 10.5 Å². The third kappa shape index (κ3) is 11.7. The maximum Gasteiger partial charge on any atom is 0.408 e. The zero-order valence-corrected chi connectivity index (χ0v) is 26.9. The van der Waals surface area contributed by atoms with E-state index in [4.69, 9.17) is 10.5 Å². The number of nitrogens with two attached hydrogens (primary N) is 1. The Bertz CT molecular complexity index is 1230. The van der Waals surface area contributed by atoms with E-state index in [9.17, 15) is 19.2 Å². The lowest BCUT2D eigenvalue weighted by Gasteiger charge is -2.34. The number of carbonyl (C=O) groups is 4. The molecule has 0 bridgehead atoms. The summed E-state index contributed by atoms with van der Waals surface area (Å²) in [7, 11) is 0. The molecule has 0 aliphatic carbocycles. The fourth-order valence-corrected chi connectivity index (χ4v) is 5.00. The summed E-state index contributed by atoms with van der Waals surface area (Å²) >= 11 is 0. The molecule has 236 valence electrons. The number of alkyl carbamates (subject to hydrolysis) is 1. The normalized spacial score (nSPS) is 12.6. The molecule has 2 aromatic carbocycles. The first-order valence-corrected chi connectivity index (χ1v) is 15.3. The minimum atomic E-state index is -1.31. The quantitative estimate of drug-likeness (QED) is 0.210. The lowest BCUT2D eigenvalue weighted by molar-refractivity contribution is -0.142. The third-order valence-electron chi connectivity index (χ3n) is 7.08. The van der Waals surface area contributed by atoms with Crippen LogP contribution in [-0.4, -0.2) is 46.9 Å². The van der Waals surface area contributed by atoms with Crippen LogP contribution in [0.5, 0.6) is 0 Å². The van der Waals surface area contributed by atoms with Crippen molar-refractivity contribution in [3.05, 3.63) is 64.7 Å². The van der Waals surface area contributed by atoms with Gasteiger partial charge in [0.15, 0.2) is 0 Å². The Morgan fingerprint density at radius 1 is 0.907 bits per heavy atom. The molecule has 0 spiro atoms. The van der Waals surface area contributed by atoms with E-state index in [1.807, 2.05) is 63.2 Å². The minimum absolute atomic E-state index is 0.245. The summed E-state index contributed by atoms with van der Waals surface area (Å²) in [6.45, 7) is 13.3. The van der Waals surface area contributed by atoms with Gasteiger partial charge in [-0.15, -0.1) is 0 Å². The Kier molecular flexibility index (Phi) is 13.7. The van der Waals surface area contributed by atoms with Crippen LogP contribution < -0.4 is 16.4 Å². The molecule has 0 aromatic heterocycles. The molecule has 0 saturated heterocycles. The number of nitrogens with zero attached hydrogens (tertiary/aromatic N) is 1. The topological polar surface area (TPSA) is 131 Å². The fourth-order valence-electron chi connectivity index (χ4n) is 5.00. The summed E-state index contributed by atoms with van der Waals surface area (Å²) in [5, 5.41) is 5.61. The summed E-state index contributed by atoms with van der Waals surface area (Å²) in [4.78, 5) is 54.8. The number of anilines is 1. The van der Waals surface area contributed by atoms with Crippen LogP contribution >= 0.6 is 0 Å². The Balaban J connectivity index is 2.56. The van der Waals surface area contributed by atoms with Crippen LogP contribution in [0.15, 0.2) is 42.5 Å². The van der Waals surface area contributed by atoms with Crippen molar-refractivity contribution in [1.29, 1.82) is 0 Å². The van der Waals surface area contributed by atoms with E-state index in [2.05, 4.69) is 17.6 Å². The molecule has 43 heavy (non-hydrogen) atoms. The average molecular weight is 595 g/mol. The first-order valence-electron chi connectivity index (χ1n) is 15.3. The van der Waals surface area contributed by atoms with Crippen molar-refractivity contribution in [3.8, 4) is 0 Å². The Morgan fingerprint density at radius 2 is 1.51 bits per heavy atom. The van der Waals surface area contributed by atoms with Gasteiger partial charge in [-0.1, -0.05) is 87.1 Å². The van der Waals surface area contributed by atoms with E-state index in [0.29, 0.717) is 17.7 Å². The van der Waals surface area contributed by atoms with Gasteiger partial charge in [0.1, 0.15) is 17.7 Å². The van der Waals surface area contributed by atoms with Gasteiger partial charge < -0.3 is 26.0 Å². The second-order valence-corrected chi connectivity index (χ2v) is 12.2. The summed E-state index contributed by atoms with van der Waals surface area (Å²) < 4.78 is 5.38. The summed E-state index contributed by atoms with van der Waals surface area (Å²) in [6, 6.07) is 10.9. The number of ether oxygens (including phenoxy) is 1. The number of hydrogen-bond acceptors (Lipinski definition) is 5. The zero-order valence-electron chi connectivity index (χ0n) is 26.9. The highest BCUT2D eigenvalue weighted by molar-refractivity contribution is 6.00. The Hall–Kier alpha value is -3.88. The highest BCUT2D eigenvalue weighted by atomic mass is 16.6. The van der Waals surface area contributed by atoms with Gasteiger partial charge in [0.05, 0.1) is 6.42 Å². The van der Waals surface area contributed by atoms with Gasteiger partial charge in [0, 0.05) is 12.2 Å². The molecule has 9 nitrogen and oxygen atoms in total. The lowest BCUT2D eigenvalue weighted by atomic mass is 9.99. The molecule has 0 heterocycles. The van der Waals surface area contributed by atoms with Crippen molar-refractivity contribution < 1.29 is 23.9 Å². The summed E-state index contributed by atoms with van der Waals surface area (Å²) in [5.41, 5.74) is 8.71. The molecule has 9 heteroatoms. The predicted octanol–water partition coefficient (Wildman–Crippen LogP) is 6.25. The Labute approximate surface area is 256 Å². The van der Waals surface area contributed by atoms with E-state index in [-0.39, 0.29) is 6.54 Å². The van der Waals surface area contributed by atoms with Crippen molar-refractivity contribution in [1.82, 2.24) is 10.2 Å². The molecule has 2 atom stereocenters. The van der Waals surface area contributed by atoms with Crippen molar-refractivity contribution in [2.75, 3.05) is 11.9 Å². The highest BCUT2D eigenvalue weighted by Gasteiger charge is 2.37. The highest BCUT2D eigenvalue weighted by Crippen LogP contribution is 2.28. The van der Waals surface area contributed by atoms with Gasteiger partial charge in [-0.3, -0.25) is 14.4 Å². The van der Waals surface area contributed by atoms with Gasteiger partial charge in [-0.2, -0.15) is 0 Å². The smallest absolute Gasteiger partial charge is 0.408 e. The first-order chi connectivity index (χ1) is 20.2. The maximum absolute atomic E-state index is 14.3. The van der Waals surface area contributed by atoms with Crippen molar-refractivity contribution >= 4 is 29.5 Å². The summed E-state index contributed by atoms with van der Waals surface area (Å²) in [5.74, 6) is -1.74. The zero-order chi connectivity index (χ0) is 32.2. The van der Waals surface area contributed by atoms with Crippen molar-refractivity contribution in [2.24, 2.45) is 5.73 Å². The van der Waals surface area contributed by atoms with Gasteiger partial charge in [0.25, 0.3) is 5.91 Å². The summed E-state index contributed by atoms with van der Waals surface area (Å²) in [6.07, 6.45) is 4.55. The molecule has 0 fully saturated rings. The maximum atomic E-state index is 14.3. The average Bonchev–Trinajstić information content (AvgIpc) is 2.90. The van der Waals surface area contributed by atoms with Crippen molar-refractivity contribution in [2.45, 2.75) is 111 Å². The molecule has 0 aliphatic heterocycles. The number of benzene rings is 2. The number of hydrogen-bond donors (Lipinski definition) is 3. The Morgan fingerprint density at radius 3 is 2.09 bits per heavy atom. The standard InChI is InChI=1S/C34H50N4O5/c1-8-9-10-11-12-13-20-38(32(41)27(22-28(35)39)36-33(42)43-34(5,6)7)30(26-19-14-16-23(2)21-26)31(40)37-29-24(3)17-15-18-25(29)4/h14-19,21,27,30H,8-13,20,22H2,1-7H3,(H2,35,39)(H,36,42)(H,37,40). The fraction of sp³-hybridized carbons (Fsp3) is 0.529. The number of amides is 4. The van der Waals surface area contributed by atoms with Crippen molar-refractivity contribution in [3.63, 3.8) is 0 Å². The van der Waals surface area contributed by atoms with E-state index < -0.39 is 47.9 Å². The molecule has 4 amide bonds. The number of aryl methyl sites for hydroxylation is 3. The molecule has 0 aliphatic rings. The number of para-hydroxylation sites is 1.